The molecule has 0 aromatic heterocycles. The lowest BCUT2D eigenvalue weighted by molar-refractivity contribution is 0.102. The molecule has 2 rings (SSSR count). The van der Waals surface area contributed by atoms with Crippen molar-refractivity contribution in [2.45, 2.75) is 0 Å². The van der Waals surface area contributed by atoms with E-state index in [-0.39, 0.29) is 17.1 Å². The molecule has 0 aliphatic rings. The van der Waals surface area contributed by atoms with E-state index >= 15 is 0 Å². The first-order valence-corrected chi connectivity index (χ1v) is 5.57. The lowest BCUT2D eigenvalue weighted by atomic mass is 10.1. The third kappa shape index (κ3) is 2.95. The largest absolute Gasteiger partial charge is 0.508 e. The normalized spacial score (nSPS) is 9.95. The minimum absolute atomic E-state index is 0.0488. The maximum absolute atomic E-state index is 12.0. The number of benzene rings is 2. The molecule has 5 nitrogen and oxygen atoms in total. The number of amides is 1. The summed E-state index contributed by atoms with van der Waals surface area (Å²) in [5.74, 6) is -0.105. The minimum Gasteiger partial charge on any atom is -0.508 e. The second kappa shape index (κ2) is 5.30. The number of hydrogen-bond donors (Lipinski definition) is 3. The van der Waals surface area contributed by atoms with Crippen molar-refractivity contribution in [3.63, 3.8) is 0 Å². The maximum Gasteiger partial charge on any atom is 0.259 e. The zero-order valence-electron chi connectivity index (χ0n) is 10.3. The second-order valence-electron chi connectivity index (χ2n) is 3.89. The van der Waals surface area contributed by atoms with Gasteiger partial charge in [0.25, 0.3) is 5.91 Å². The van der Waals surface area contributed by atoms with E-state index in [1.54, 1.807) is 18.2 Å². The molecule has 3 N–H and O–H groups in total. The Morgan fingerprint density at radius 2 is 1.95 bits per heavy atom. The lowest BCUT2D eigenvalue weighted by Crippen LogP contribution is -2.12. The zero-order chi connectivity index (χ0) is 13.8. The highest BCUT2D eigenvalue weighted by atomic mass is 16.5. The third-order valence-corrected chi connectivity index (χ3v) is 2.55. The van der Waals surface area contributed by atoms with E-state index in [0.717, 1.165) is 0 Å². The predicted molar refractivity (Wildman–Crippen MR) is 70.7 cm³/mol. The maximum atomic E-state index is 12.0. The summed E-state index contributed by atoms with van der Waals surface area (Å²) in [6.45, 7) is 0. The summed E-state index contributed by atoms with van der Waals surface area (Å²) in [6.07, 6.45) is 0. The summed E-state index contributed by atoms with van der Waals surface area (Å²) in [4.78, 5) is 12.0. The Balaban J connectivity index is 2.25. The first-order valence-electron chi connectivity index (χ1n) is 5.57. The quantitative estimate of drug-likeness (QED) is 0.790. The first-order chi connectivity index (χ1) is 9.10. The van der Waals surface area contributed by atoms with Crippen molar-refractivity contribution in [3.8, 4) is 17.2 Å². The number of hydrogen-bond acceptors (Lipinski definition) is 4. The van der Waals surface area contributed by atoms with Gasteiger partial charge in [0.1, 0.15) is 17.2 Å². The summed E-state index contributed by atoms with van der Waals surface area (Å²) >= 11 is 0. The topological polar surface area (TPSA) is 78.8 Å². The van der Waals surface area contributed by atoms with Gasteiger partial charge < -0.3 is 20.3 Å². The van der Waals surface area contributed by atoms with Gasteiger partial charge in [-0.2, -0.15) is 0 Å². The molecule has 0 atom stereocenters. The molecular weight excluding hydrogens is 246 g/mol. The van der Waals surface area contributed by atoms with Crippen molar-refractivity contribution in [2.24, 2.45) is 0 Å². The molecule has 1 amide bonds. The number of carbonyl (C=O) groups excluding carboxylic acids is 1. The Kier molecular flexibility index (Phi) is 3.56. The number of methoxy groups -OCH3 is 1. The highest BCUT2D eigenvalue weighted by Gasteiger charge is 2.12. The van der Waals surface area contributed by atoms with Gasteiger partial charge in [0.05, 0.1) is 12.7 Å². The number of phenolic OH excluding ortho intramolecular Hbond substituents is 2. The first kappa shape index (κ1) is 12.8. The van der Waals surface area contributed by atoms with Gasteiger partial charge >= 0.3 is 0 Å². The molecule has 0 aliphatic carbocycles. The summed E-state index contributed by atoms with van der Waals surface area (Å²) in [5, 5.41) is 21.6. The molecule has 0 fully saturated rings. The third-order valence-electron chi connectivity index (χ3n) is 2.55. The molecule has 0 saturated heterocycles. The number of ether oxygens (including phenoxy) is 1. The predicted octanol–water partition coefficient (Wildman–Crippen LogP) is 2.36. The fraction of sp³-hybridized carbons (Fsp3) is 0.0714. The van der Waals surface area contributed by atoms with Gasteiger partial charge in [0.15, 0.2) is 0 Å². The molecule has 0 spiro atoms. The summed E-state index contributed by atoms with van der Waals surface area (Å²) in [5.41, 5.74) is 0.537. The highest BCUT2D eigenvalue weighted by molar-refractivity contribution is 6.06. The van der Waals surface area contributed by atoms with Crippen LogP contribution in [0.5, 0.6) is 17.2 Å². The van der Waals surface area contributed by atoms with E-state index in [4.69, 9.17) is 4.74 Å². The Bertz CT molecular complexity index is 610. The van der Waals surface area contributed by atoms with Crippen LogP contribution in [0.2, 0.25) is 0 Å². The Morgan fingerprint density at radius 3 is 2.63 bits per heavy atom. The average Bonchev–Trinajstić information content (AvgIpc) is 2.39. The standard InChI is InChI=1S/C14H13NO4/c1-19-11-5-6-13(17)12(8-11)14(18)15-9-3-2-4-10(16)7-9/h2-8,16-17H,1H3,(H,15,18). The van der Waals surface area contributed by atoms with Crippen LogP contribution >= 0.6 is 0 Å². The lowest BCUT2D eigenvalue weighted by Gasteiger charge is -2.08. The number of nitrogens with one attached hydrogen (secondary N) is 1. The van der Waals surface area contributed by atoms with Gasteiger partial charge in [0, 0.05) is 11.8 Å². The molecule has 0 unspecified atom stereocenters. The van der Waals surface area contributed by atoms with E-state index in [1.165, 1.54) is 31.4 Å². The summed E-state index contributed by atoms with van der Waals surface area (Å²) in [6, 6.07) is 10.5. The molecule has 5 heteroatoms. The second-order valence-corrected chi connectivity index (χ2v) is 3.89. The molecule has 2 aromatic rings. The molecule has 0 heterocycles. The Hall–Kier alpha value is -2.69. The fourth-order valence-electron chi connectivity index (χ4n) is 1.61. The molecule has 98 valence electrons. The molecule has 0 radical (unpaired) electrons. The van der Waals surface area contributed by atoms with E-state index in [1.807, 2.05) is 0 Å². The molecule has 0 saturated carbocycles. The van der Waals surface area contributed by atoms with E-state index in [0.29, 0.717) is 11.4 Å². The summed E-state index contributed by atoms with van der Waals surface area (Å²) < 4.78 is 5.00. The average molecular weight is 259 g/mol. The van der Waals surface area contributed by atoms with E-state index in [2.05, 4.69) is 5.32 Å². The van der Waals surface area contributed by atoms with Crippen LogP contribution in [0, 0.1) is 0 Å². The van der Waals surface area contributed by atoms with Crippen molar-refractivity contribution in [2.75, 3.05) is 12.4 Å². The van der Waals surface area contributed by atoms with Crippen LogP contribution in [0.15, 0.2) is 42.5 Å². The van der Waals surface area contributed by atoms with Crippen LogP contribution in [-0.2, 0) is 0 Å². The minimum atomic E-state index is -0.484. The number of aromatic hydroxyl groups is 2. The van der Waals surface area contributed by atoms with Gasteiger partial charge in [0.2, 0.25) is 0 Å². The Morgan fingerprint density at radius 1 is 1.16 bits per heavy atom. The van der Waals surface area contributed by atoms with Crippen LogP contribution in [-0.4, -0.2) is 23.2 Å². The van der Waals surface area contributed by atoms with Gasteiger partial charge in [-0.3, -0.25) is 4.79 Å². The molecular formula is C14H13NO4. The van der Waals surface area contributed by atoms with Crippen molar-refractivity contribution < 1.29 is 19.7 Å². The van der Waals surface area contributed by atoms with Gasteiger partial charge in [-0.15, -0.1) is 0 Å². The van der Waals surface area contributed by atoms with Crippen LogP contribution in [0.1, 0.15) is 10.4 Å². The molecule has 0 aliphatic heterocycles. The van der Waals surface area contributed by atoms with E-state index < -0.39 is 5.91 Å². The van der Waals surface area contributed by atoms with E-state index in [9.17, 15) is 15.0 Å². The number of phenols is 2. The smallest absolute Gasteiger partial charge is 0.259 e. The van der Waals surface area contributed by atoms with Crippen molar-refractivity contribution >= 4 is 11.6 Å². The van der Waals surface area contributed by atoms with Crippen LogP contribution in [0.4, 0.5) is 5.69 Å². The van der Waals surface area contributed by atoms with Crippen molar-refractivity contribution in [1.29, 1.82) is 0 Å². The Labute approximate surface area is 110 Å². The van der Waals surface area contributed by atoms with Gasteiger partial charge in [-0.1, -0.05) is 6.07 Å². The van der Waals surface area contributed by atoms with Crippen molar-refractivity contribution in [3.05, 3.63) is 48.0 Å². The zero-order valence-corrected chi connectivity index (χ0v) is 10.3. The highest BCUT2D eigenvalue weighted by Crippen LogP contribution is 2.24. The molecule has 19 heavy (non-hydrogen) atoms. The number of anilines is 1. The monoisotopic (exact) mass is 259 g/mol. The van der Waals surface area contributed by atoms with Crippen molar-refractivity contribution in [1.82, 2.24) is 0 Å². The van der Waals surface area contributed by atoms with Gasteiger partial charge in [-0.25, -0.2) is 0 Å². The number of rotatable bonds is 3. The number of carbonyl (C=O) groups is 1. The SMILES string of the molecule is COc1ccc(O)c(C(=O)Nc2cccc(O)c2)c1. The van der Waals surface area contributed by atoms with Crippen LogP contribution in [0.3, 0.4) is 0 Å². The van der Waals surface area contributed by atoms with Crippen LogP contribution < -0.4 is 10.1 Å². The van der Waals surface area contributed by atoms with Crippen LogP contribution in [0.25, 0.3) is 0 Å². The fourth-order valence-corrected chi connectivity index (χ4v) is 1.61. The molecule has 2 aromatic carbocycles. The summed E-state index contributed by atoms with van der Waals surface area (Å²) in [7, 11) is 1.48. The molecule has 0 bridgehead atoms. The van der Waals surface area contributed by atoms with Gasteiger partial charge in [-0.05, 0) is 30.3 Å².